The molecule has 1 amide bonds. The monoisotopic (exact) mass is 380 g/mol. The quantitative estimate of drug-likeness (QED) is 0.819. The molecule has 1 atom stereocenters. The molecule has 1 fully saturated rings. The van der Waals surface area contributed by atoms with E-state index in [1.54, 1.807) is 30.0 Å². The molecule has 1 aromatic rings. The van der Waals surface area contributed by atoms with E-state index in [1.807, 2.05) is 0 Å². The van der Waals surface area contributed by atoms with E-state index < -0.39 is 12.5 Å². The van der Waals surface area contributed by atoms with Crippen molar-refractivity contribution in [3.05, 3.63) is 28.2 Å². The Morgan fingerprint density at radius 3 is 2.67 bits per heavy atom. The van der Waals surface area contributed by atoms with Crippen LogP contribution in [0.1, 0.15) is 19.8 Å². The molecule has 0 bridgehead atoms. The van der Waals surface area contributed by atoms with Crippen molar-refractivity contribution in [3.8, 4) is 5.75 Å². The summed E-state index contributed by atoms with van der Waals surface area (Å²) in [6.45, 7) is 2.50. The van der Waals surface area contributed by atoms with Crippen LogP contribution in [-0.4, -0.2) is 49.0 Å². The molecule has 0 aromatic heterocycles. The topological polar surface area (TPSA) is 41.6 Å². The fraction of sp³-hybridized carbons (Fsp3) is 0.562. The Labute approximate surface area is 150 Å². The second-order valence-electron chi connectivity index (χ2n) is 5.79. The molecule has 0 unspecified atom stereocenters. The number of hydrogen-bond donors (Lipinski definition) is 1. The third-order valence-corrected chi connectivity index (χ3v) is 4.72. The molecule has 1 aliphatic heterocycles. The predicted octanol–water partition coefficient (Wildman–Crippen LogP) is 3.61. The van der Waals surface area contributed by atoms with Gasteiger partial charge in [0.15, 0.2) is 6.10 Å². The molecule has 1 N–H and O–H groups in total. The Hall–Kier alpha value is -1.11. The Bertz CT molecular complexity index is 567. The number of halogens is 4. The van der Waals surface area contributed by atoms with Crippen LogP contribution in [0.3, 0.4) is 0 Å². The zero-order valence-corrected chi connectivity index (χ0v) is 14.8. The van der Waals surface area contributed by atoms with Crippen LogP contribution in [-0.2, 0) is 4.79 Å². The highest BCUT2D eigenvalue weighted by Crippen LogP contribution is 2.32. The van der Waals surface area contributed by atoms with Gasteiger partial charge in [0, 0.05) is 19.1 Å². The predicted molar refractivity (Wildman–Crippen MR) is 90.2 cm³/mol. The molecule has 1 aromatic carbocycles. The molecular formula is C16H20Cl2F2N2O2. The normalized spacial score (nSPS) is 17.8. The van der Waals surface area contributed by atoms with Gasteiger partial charge in [0.2, 0.25) is 0 Å². The van der Waals surface area contributed by atoms with E-state index in [0.29, 0.717) is 36.7 Å². The maximum absolute atomic E-state index is 12.4. The summed E-state index contributed by atoms with van der Waals surface area (Å²) in [6, 6.07) is 4.93. The van der Waals surface area contributed by atoms with Crippen molar-refractivity contribution in [3.63, 3.8) is 0 Å². The highest BCUT2D eigenvalue weighted by Gasteiger charge is 2.25. The second kappa shape index (κ2) is 8.83. The van der Waals surface area contributed by atoms with Crippen molar-refractivity contribution in [1.82, 2.24) is 10.2 Å². The van der Waals surface area contributed by atoms with Crippen molar-refractivity contribution >= 4 is 29.1 Å². The van der Waals surface area contributed by atoms with E-state index in [1.165, 1.54) is 0 Å². The lowest BCUT2D eigenvalue weighted by Crippen LogP contribution is -2.48. The highest BCUT2D eigenvalue weighted by atomic mass is 35.5. The summed E-state index contributed by atoms with van der Waals surface area (Å²) in [6.07, 6.45) is -1.78. The first-order valence-electron chi connectivity index (χ1n) is 7.78. The number of piperidine rings is 1. The van der Waals surface area contributed by atoms with Crippen LogP contribution >= 0.6 is 23.2 Å². The summed E-state index contributed by atoms with van der Waals surface area (Å²) < 4.78 is 30.3. The summed E-state index contributed by atoms with van der Waals surface area (Å²) in [7, 11) is 0. The molecule has 0 radical (unpaired) electrons. The summed E-state index contributed by atoms with van der Waals surface area (Å²) in [5, 5.41) is 3.51. The zero-order chi connectivity index (χ0) is 17.7. The Kier molecular flexibility index (Phi) is 7.07. The van der Waals surface area contributed by atoms with Gasteiger partial charge in [0.1, 0.15) is 10.8 Å². The van der Waals surface area contributed by atoms with Gasteiger partial charge in [-0.2, -0.15) is 0 Å². The average molecular weight is 381 g/mol. The van der Waals surface area contributed by atoms with Crippen molar-refractivity contribution < 1.29 is 18.3 Å². The van der Waals surface area contributed by atoms with Crippen LogP contribution in [0.25, 0.3) is 0 Å². The number of amides is 1. The lowest BCUT2D eigenvalue weighted by molar-refractivity contribution is -0.128. The summed E-state index contributed by atoms with van der Waals surface area (Å²) in [5.41, 5.74) is 0. The number of carbonyl (C=O) groups is 1. The molecule has 24 heavy (non-hydrogen) atoms. The maximum Gasteiger partial charge on any atom is 0.260 e. The standard InChI is InChI=1S/C16H20Cl2F2N2O2/c1-10(24-13-4-2-3-12(17)15(13)18)16(23)21-11-5-7-22(8-6-11)9-14(19)20/h2-4,10-11,14H,5-9H2,1H3,(H,21,23)/t10-/m1/s1. The van der Waals surface area contributed by atoms with E-state index in [0.717, 1.165) is 0 Å². The average Bonchev–Trinajstić information content (AvgIpc) is 2.53. The number of hydrogen-bond acceptors (Lipinski definition) is 3. The Morgan fingerprint density at radius 1 is 1.38 bits per heavy atom. The lowest BCUT2D eigenvalue weighted by atomic mass is 10.0. The molecule has 1 heterocycles. The van der Waals surface area contributed by atoms with E-state index >= 15 is 0 Å². The number of carbonyl (C=O) groups excluding carboxylic acids is 1. The third kappa shape index (κ3) is 5.46. The minimum absolute atomic E-state index is 0.0349. The number of rotatable bonds is 6. The molecule has 4 nitrogen and oxygen atoms in total. The molecule has 0 saturated carbocycles. The molecule has 0 aliphatic carbocycles. The number of nitrogens with one attached hydrogen (secondary N) is 1. The van der Waals surface area contributed by atoms with Crippen molar-refractivity contribution in [2.24, 2.45) is 0 Å². The Balaban J connectivity index is 1.81. The number of ether oxygens (including phenoxy) is 1. The summed E-state index contributed by atoms with van der Waals surface area (Å²) >= 11 is 11.9. The largest absolute Gasteiger partial charge is 0.479 e. The van der Waals surface area contributed by atoms with E-state index in [9.17, 15) is 13.6 Å². The second-order valence-corrected chi connectivity index (χ2v) is 6.57. The molecule has 1 saturated heterocycles. The molecule has 2 rings (SSSR count). The van der Waals surface area contributed by atoms with Gasteiger partial charge in [0.25, 0.3) is 12.3 Å². The van der Waals surface area contributed by atoms with Gasteiger partial charge in [0.05, 0.1) is 11.6 Å². The number of likely N-dealkylation sites (tertiary alicyclic amines) is 1. The first kappa shape index (κ1) is 19.2. The number of alkyl halides is 2. The molecule has 1 aliphatic rings. The van der Waals surface area contributed by atoms with E-state index in [4.69, 9.17) is 27.9 Å². The fourth-order valence-corrected chi connectivity index (χ4v) is 2.93. The van der Waals surface area contributed by atoms with Crippen molar-refractivity contribution in [2.75, 3.05) is 19.6 Å². The van der Waals surface area contributed by atoms with Gasteiger partial charge < -0.3 is 10.1 Å². The summed E-state index contributed by atoms with van der Waals surface area (Å²) in [5.74, 6) is 0.0805. The first-order chi connectivity index (χ1) is 11.4. The van der Waals surface area contributed by atoms with E-state index in [2.05, 4.69) is 5.32 Å². The van der Waals surface area contributed by atoms with Gasteiger partial charge in [-0.3, -0.25) is 9.69 Å². The van der Waals surface area contributed by atoms with Crippen LogP contribution < -0.4 is 10.1 Å². The first-order valence-corrected chi connectivity index (χ1v) is 8.54. The van der Waals surface area contributed by atoms with Crippen LogP contribution in [0.15, 0.2) is 18.2 Å². The fourth-order valence-electron chi connectivity index (χ4n) is 2.59. The molecular weight excluding hydrogens is 361 g/mol. The van der Waals surface area contributed by atoms with Gasteiger partial charge in [-0.1, -0.05) is 29.3 Å². The van der Waals surface area contributed by atoms with Gasteiger partial charge >= 0.3 is 0 Å². The maximum atomic E-state index is 12.4. The molecule has 8 heteroatoms. The lowest BCUT2D eigenvalue weighted by Gasteiger charge is -2.32. The SMILES string of the molecule is C[C@@H](Oc1cccc(Cl)c1Cl)C(=O)NC1CCN(CC(F)F)CC1. The zero-order valence-electron chi connectivity index (χ0n) is 13.3. The van der Waals surface area contributed by atoms with Gasteiger partial charge in [-0.05, 0) is 31.9 Å². The van der Waals surface area contributed by atoms with Gasteiger partial charge in [-0.15, -0.1) is 0 Å². The number of benzene rings is 1. The van der Waals surface area contributed by atoms with Crippen LogP contribution in [0.2, 0.25) is 10.0 Å². The van der Waals surface area contributed by atoms with Crippen LogP contribution in [0.4, 0.5) is 8.78 Å². The molecule has 0 spiro atoms. The van der Waals surface area contributed by atoms with Crippen LogP contribution in [0.5, 0.6) is 5.75 Å². The van der Waals surface area contributed by atoms with Crippen molar-refractivity contribution in [1.29, 1.82) is 0 Å². The highest BCUT2D eigenvalue weighted by molar-refractivity contribution is 6.42. The number of nitrogens with zero attached hydrogens (tertiary/aromatic N) is 1. The summed E-state index contributed by atoms with van der Waals surface area (Å²) in [4.78, 5) is 13.9. The van der Waals surface area contributed by atoms with Gasteiger partial charge in [-0.25, -0.2) is 8.78 Å². The Morgan fingerprint density at radius 2 is 2.04 bits per heavy atom. The minimum Gasteiger partial charge on any atom is -0.479 e. The van der Waals surface area contributed by atoms with Crippen molar-refractivity contribution in [2.45, 2.75) is 38.3 Å². The third-order valence-electron chi connectivity index (χ3n) is 3.92. The smallest absolute Gasteiger partial charge is 0.260 e. The van der Waals surface area contributed by atoms with Crippen LogP contribution in [0, 0.1) is 0 Å². The van der Waals surface area contributed by atoms with E-state index in [-0.39, 0.29) is 23.5 Å². The molecule has 134 valence electrons. The minimum atomic E-state index is -2.33.